The lowest BCUT2D eigenvalue weighted by molar-refractivity contribution is -0.137. The van der Waals surface area contributed by atoms with Crippen molar-refractivity contribution >= 4 is 0 Å². The van der Waals surface area contributed by atoms with E-state index in [9.17, 15) is 23.7 Å². The highest BCUT2D eigenvalue weighted by Gasteiger charge is 2.32. The van der Waals surface area contributed by atoms with Gasteiger partial charge in [0.05, 0.1) is 5.56 Å². The molecule has 7 heteroatoms. The van der Waals surface area contributed by atoms with Gasteiger partial charge in [0, 0.05) is 17.2 Å². The van der Waals surface area contributed by atoms with Crippen molar-refractivity contribution in [1.82, 2.24) is 0 Å². The SMILES string of the molecule is N#CC(Oc1cc(OC(C#N)c2ccccc2)cc(C(F)(F)F)c1)c1ccccc1. The van der Waals surface area contributed by atoms with Gasteiger partial charge in [-0.1, -0.05) is 60.7 Å². The molecule has 0 bridgehead atoms. The van der Waals surface area contributed by atoms with Crippen LogP contribution in [0.2, 0.25) is 0 Å². The van der Waals surface area contributed by atoms with Gasteiger partial charge in [-0.15, -0.1) is 0 Å². The molecule has 0 N–H and O–H groups in total. The van der Waals surface area contributed by atoms with E-state index in [-0.39, 0.29) is 11.5 Å². The zero-order valence-corrected chi connectivity index (χ0v) is 15.5. The smallest absolute Gasteiger partial charge is 0.416 e. The van der Waals surface area contributed by atoms with Crippen LogP contribution in [-0.2, 0) is 6.18 Å². The van der Waals surface area contributed by atoms with Gasteiger partial charge >= 0.3 is 6.18 Å². The van der Waals surface area contributed by atoms with Gasteiger partial charge in [0.15, 0.2) is 0 Å². The van der Waals surface area contributed by atoms with Crippen molar-refractivity contribution in [1.29, 1.82) is 10.5 Å². The summed E-state index contributed by atoms with van der Waals surface area (Å²) in [7, 11) is 0. The molecule has 0 radical (unpaired) electrons. The van der Waals surface area contributed by atoms with E-state index >= 15 is 0 Å². The highest BCUT2D eigenvalue weighted by molar-refractivity contribution is 5.41. The summed E-state index contributed by atoms with van der Waals surface area (Å²) in [6, 6.07) is 23.5. The van der Waals surface area contributed by atoms with Crippen LogP contribution in [-0.4, -0.2) is 0 Å². The van der Waals surface area contributed by atoms with Crippen LogP contribution in [0.5, 0.6) is 11.5 Å². The average Bonchev–Trinajstić information content (AvgIpc) is 2.76. The maximum atomic E-state index is 13.4. The number of alkyl halides is 3. The van der Waals surface area contributed by atoms with E-state index in [1.807, 2.05) is 12.1 Å². The first kappa shape index (κ1) is 20.8. The van der Waals surface area contributed by atoms with Gasteiger partial charge < -0.3 is 9.47 Å². The Kier molecular flexibility index (Phi) is 6.24. The van der Waals surface area contributed by atoms with Crippen molar-refractivity contribution < 1.29 is 22.6 Å². The van der Waals surface area contributed by atoms with Gasteiger partial charge in [0.1, 0.15) is 23.6 Å². The highest BCUT2D eigenvalue weighted by Crippen LogP contribution is 2.37. The topological polar surface area (TPSA) is 66.0 Å². The lowest BCUT2D eigenvalue weighted by atomic mass is 10.1. The highest BCUT2D eigenvalue weighted by atomic mass is 19.4. The summed E-state index contributed by atoms with van der Waals surface area (Å²) in [5.41, 5.74) is -0.0114. The third kappa shape index (κ3) is 5.09. The number of ether oxygens (including phenoxy) is 2. The van der Waals surface area contributed by atoms with Crippen LogP contribution in [0.15, 0.2) is 78.9 Å². The molecule has 30 heavy (non-hydrogen) atoms. The van der Waals surface area contributed by atoms with Gasteiger partial charge in [-0.2, -0.15) is 23.7 Å². The summed E-state index contributed by atoms with van der Waals surface area (Å²) in [5.74, 6) is -0.389. The van der Waals surface area contributed by atoms with E-state index in [4.69, 9.17) is 9.47 Å². The molecule has 0 fully saturated rings. The van der Waals surface area contributed by atoms with Crippen molar-refractivity contribution in [2.24, 2.45) is 0 Å². The molecule has 150 valence electrons. The summed E-state index contributed by atoms with van der Waals surface area (Å²) < 4.78 is 51.2. The molecule has 4 nitrogen and oxygen atoms in total. The Morgan fingerprint density at radius 1 is 0.667 bits per heavy atom. The second kappa shape index (κ2) is 9.02. The van der Waals surface area contributed by atoms with Crippen LogP contribution in [0.25, 0.3) is 0 Å². The van der Waals surface area contributed by atoms with E-state index in [1.54, 1.807) is 60.7 Å². The van der Waals surface area contributed by atoms with E-state index < -0.39 is 23.9 Å². The van der Waals surface area contributed by atoms with Crippen LogP contribution in [0.4, 0.5) is 13.2 Å². The molecule has 0 heterocycles. The Balaban J connectivity index is 1.94. The summed E-state index contributed by atoms with van der Waals surface area (Å²) in [6.45, 7) is 0. The van der Waals surface area contributed by atoms with Crippen molar-refractivity contribution in [3.63, 3.8) is 0 Å². The Labute approximate surface area is 171 Å². The number of nitriles is 2. The number of rotatable bonds is 6. The van der Waals surface area contributed by atoms with E-state index in [0.29, 0.717) is 11.1 Å². The predicted octanol–water partition coefficient (Wildman–Crippen LogP) is 5.99. The zero-order valence-electron chi connectivity index (χ0n) is 15.5. The fraction of sp³-hybridized carbons (Fsp3) is 0.130. The first-order valence-corrected chi connectivity index (χ1v) is 8.85. The molecule has 0 saturated carbocycles. The third-order valence-corrected chi connectivity index (χ3v) is 4.15. The van der Waals surface area contributed by atoms with Crippen molar-refractivity contribution in [3.05, 3.63) is 95.6 Å². The Hall–Kier alpha value is -3.97. The van der Waals surface area contributed by atoms with Crippen molar-refractivity contribution in [2.45, 2.75) is 18.4 Å². The fourth-order valence-corrected chi connectivity index (χ4v) is 2.74. The molecule has 3 rings (SSSR count). The molecule has 0 amide bonds. The van der Waals surface area contributed by atoms with Crippen molar-refractivity contribution in [3.8, 4) is 23.6 Å². The number of hydrogen-bond donors (Lipinski definition) is 0. The molecule has 0 saturated heterocycles. The average molecular weight is 408 g/mol. The molecule has 3 aromatic rings. The van der Waals surface area contributed by atoms with E-state index in [2.05, 4.69) is 0 Å². The van der Waals surface area contributed by atoms with Crippen molar-refractivity contribution in [2.75, 3.05) is 0 Å². The summed E-state index contributed by atoms with van der Waals surface area (Å²) in [4.78, 5) is 0. The second-order valence-corrected chi connectivity index (χ2v) is 6.27. The summed E-state index contributed by atoms with van der Waals surface area (Å²) in [6.07, 6.45) is -6.88. The number of halogens is 3. The van der Waals surface area contributed by atoms with Gasteiger partial charge in [-0.3, -0.25) is 0 Å². The Bertz CT molecular complexity index is 994. The number of benzene rings is 3. The molecule has 3 aromatic carbocycles. The molecular weight excluding hydrogens is 393 g/mol. The van der Waals surface area contributed by atoms with Gasteiger partial charge in [-0.25, -0.2) is 0 Å². The van der Waals surface area contributed by atoms with Crippen LogP contribution in [0, 0.1) is 22.7 Å². The molecule has 0 aliphatic heterocycles. The molecule has 2 atom stereocenters. The van der Waals surface area contributed by atoms with Crippen LogP contribution >= 0.6 is 0 Å². The molecule has 0 spiro atoms. The molecule has 2 unspecified atom stereocenters. The molecule has 0 aromatic heterocycles. The van der Waals surface area contributed by atoms with Crippen LogP contribution < -0.4 is 9.47 Å². The largest absolute Gasteiger partial charge is 0.471 e. The standard InChI is InChI=1S/C23H15F3N2O2/c24-23(25,26)18-11-19(29-21(14-27)16-7-3-1-4-8-16)13-20(12-18)30-22(15-28)17-9-5-2-6-10-17/h1-13,21-22H. The monoisotopic (exact) mass is 408 g/mol. The normalized spacial score (nSPS) is 12.8. The second-order valence-electron chi connectivity index (χ2n) is 6.27. The minimum absolute atomic E-state index is 0.194. The maximum Gasteiger partial charge on any atom is 0.416 e. The zero-order chi connectivity index (χ0) is 21.6. The Morgan fingerprint density at radius 2 is 1.07 bits per heavy atom. The van der Waals surface area contributed by atoms with Crippen LogP contribution in [0.3, 0.4) is 0 Å². The van der Waals surface area contributed by atoms with Gasteiger partial charge in [0.2, 0.25) is 12.2 Å². The molecule has 0 aliphatic rings. The summed E-state index contributed by atoms with van der Waals surface area (Å²) >= 11 is 0. The Morgan fingerprint density at radius 3 is 1.40 bits per heavy atom. The van der Waals surface area contributed by atoms with Crippen LogP contribution in [0.1, 0.15) is 28.9 Å². The molecular formula is C23H15F3N2O2. The lowest BCUT2D eigenvalue weighted by Crippen LogP contribution is -2.10. The quantitative estimate of drug-likeness (QED) is 0.502. The van der Waals surface area contributed by atoms with E-state index in [0.717, 1.165) is 12.1 Å². The fourth-order valence-electron chi connectivity index (χ4n) is 2.74. The van der Waals surface area contributed by atoms with E-state index in [1.165, 1.54) is 6.07 Å². The minimum Gasteiger partial charge on any atom is -0.471 e. The van der Waals surface area contributed by atoms with Gasteiger partial charge in [0.25, 0.3) is 0 Å². The third-order valence-electron chi connectivity index (χ3n) is 4.15. The predicted molar refractivity (Wildman–Crippen MR) is 102 cm³/mol. The lowest BCUT2D eigenvalue weighted by Gasteiger charge is -2.18. The number of hydrogen-bond acceptors (Lipinski definition) is 4. The van der Waals surface area contributed by atoms with Gasteiger partial charge in [-0.05, 0) is 12.1 Å². The minimum atomic E-state index is -4.67. The maximum absolute atomic E-state index is 13.4. The first-order chi connectivity index (χ1) is 14.4. The summed E-state index contributed by atoms with van der Waals surface area (Å²) in [5, 5.41) is 18.8. The first-order valence-electron chi connectivity index (χ1n) is 8.85. The molecule has 0 aliphatic carbocycles. The number of nitrogens with zero attached hydrogens (tertiary/aromatic N) is 2.